The summed E-state index contributed by atoms with van der Waals surface area (Å²) in [7, 11) is 4.14. The highest BCUT2D eigenvalue weighted by molar-refractivity contribution is 6.01. The lowest BCUT2D eigenvalue weighted by Crippen LogP contribution is -3.00. The predicted molar refractivity (Wildman–Crippen MR) is 89.3 cm³/mol. The molecule has 0 spiro atoms. The number of hydrogen-bond acceptors (Lipinski definition) is 4. The number of carbonyl (C=O) groups excluding carboxylic acids is 2. The first-order valence-electron chi connectivity index (χ1n) is 7.70. The van der Waals surface area contributed by atoms with Crippen LogP contribution in [0.2, 0.25) is 0 Å². The molecular weight excluding hydrogens is 332 g/mol. The van der Waals surface area contributed by atoms with Crippen molar-refractivity contribution in [1.82, 2.24) is 4.90 Å². The number of nitrogens with one attached hydrogen (secondary N) is 2. The van der Waals surface area contributed by atoms with E-state index < -0.39 is 0 Å². The summed E-state index contributed by atoms with van der Waals surface area (Å²) in [5.74, 6) is -0.500. The minimum absolute atomic E-state index is 0. The third-order valence-corrected chi connectivity index (χ3v) is 4.19. The minimum Gasteiger partial charge on any atom is -1.00 e. The van der Waals surface area contributed by atoms with Gasteiger partial charge in [-0.2, -0.15) is 0 Å². The second kappa shape index (κ2) is 8.32. The number of phenols is 1. The second-order valence-corrected chi connectivity index (χ2v) is 6.46. The van der Waals surface area contributed by atoms with Crippen LogP contribution in [0.4, 0.5) is 11.4 Å². The van der Waals surface area contributed by atoms with Gasteiger partial charge in [0.05, 0.1) is 25.8 Å². The van der Waals surface area contributed by atoms with E-state index in [9.17, 15) is 14.7 Å². The molecule has 1 aromatic rings. The summed E-state index contributed by atoms with van der Waals surface area (Å²) >= 11 is 0. The quantitative estimate of drug-likeness (QED) is 0.418. The van der Waals surface area contributed by atoms with E-state index in [0.717, 1.165) is 26.2 Å². The Balaban J connectivity index is 0.00000288. The Hall–Kier alpha value is -1.83. The molecule has 3 N–H and O–H groups in total. The van der Waals surface area contributed by atoms with Gasteiger partial charge in [-0.05, 0) is 19.2 Å². The molecule has 0 saturated carbocycles. The van der Waals surface area contributed by atoms with Gasteiger partial charge in [-0.15, -0.1) is 0 Å². The van der Waals surface area contributed by atoms with Gasteiger partial charge in [0.1, 0.15) is 11.4 Å². The van der Waals surface area contributed by atoms with Crippen molar-refractivity contribution in [3.05, 3.63) is 18.2 Å². The number of amides is 2. The Bertz CT molecular complexity index is 601. The van der Waals surface area contributed by atoms with Crippen LogP contribution in [0.3, 0.4) is 0 Å². The van der Waals surface area contributed by atoms with Crippen LogP contribution in [-0.4, -0.2) is 73.1 Å². The number of nitrogens with zero attached hydrogens (tertiary/aromatic N) is 2. The van der Waals surface area contributed by atoms with Crippen molar-refractivity contribution in [1.29, 1.82) is 0 Å². The van der Waals surface area contributed by atoms with E-state index in [2.05, 4.69) is 29.6 Å². The number of hydrogen-bond donors (Lipinski definition) is 3. The van der Waals surface area contributed by atoms with Crippen LogP contribution in [0.25, 0.3) is 0 Å². The summed E-state index contributed by atoms with van der Waals surface area (Å²) in [6.07, 6.45) is 0. The molecule has 0 atom stereocenters. The number of benzene rings is 1. The fourth-order valence-electron chi connectivity index (χ4n) is 2.70. The molecule has 134 valence electrons. The monoisotopic (exact) mass is 356 g/mol. The van der Waals surface area contributed by atoms with Crippen LogP contribution in [0.5, 0.6) is 5.75 Å². The van der Waals surface area contributed by atoms with Crippen molar-refractivity contribution >= 4 is 23.2 Å². The Morgan fingerprint density at radius 1 is 1.25 bits per heavy atom. The standard InChI is InChI=1S/C16H24N4O3.ClH/c1-12(21)17-13-5-4-6-14(22)16(13)18-15(23)11-20(3)9-7-19(2)8-10-20;/h4-6H,7-11H2,1-3H3,(H2-,17,18,21,22,23);1H. The van der Waals surface area contributed by atoms with Gasteiger partial charge in [-0.1, -0.05) is 6.07 Å². The summed E-state index contributed by atoms with van der Waals surface area (Å²) in [5, 5.41) is 15.3. The van der Waals surface area contributed by atoms with E-state index in [-0.39, 0.29) is 35.7 Å². The molecule has 1 heterocycles. The highest BCUT2D eigenvalue weighted by atomic mass is 35.5. The molecule has 1 aromatic carbocycles. The summed E-state index contributed by atoms with van der Waals surface area (Å²) < 4.78 is 0.666. The molecule has 0 bridgehead atoms. The van der Waals surface area contributed by atoms with Crippen LogP contribution in [0.15, 0.2) is 18.2 Å². The number of halogens is 1. The number of phenolic OH excluding ortho intramolecular Hbond substituents is 1. The number of anilines is 2. The first-order valence-corrected chi connectivity index (χ1v) is 7.70. The van der Waals surface area contributed by atoms with Gasteiger partial charge in [0.2, 0.25) is 5.91 Å². The molecule has 1 fully saturated rings. The van der Waals surface area contributed by atoms with Gasteiger partial charge in [-0.3, -0.25) is 14.5 Å². The molecule has 1 aliphatic rings. The van der Waals surface area contributed by atoms with Crippen molar-refractivity contribution in [3.8, 4) is 5.75 Å². The average molecular weight is 357 g/mol. The average Bonchev–Trinajstić information content (AvgIpc) is 2.45. The molecular formula is C16H25ClN4O3. The van der Waals surface area contributed by atoms with E-state index in [1.807, 2.05) is 0 Å². The summed E-state index contributed by atoms with van der Waals surface area (Å²) in [5.41, 5.74) is 0.639. The van der Waals surface area contributed by atoms with E-state index in [4.69, 9.17) is 0 Å². The van der Waals surface area contributed by atoms with Crippen LogP contribution in [-0.2, 0) is 9.59 Å². The molecule has 0 unspecified atom stereocenters. The lowest BCUT2D eigenvalue weighted by atomic mass is 10.2. The zero-order valence-corrected chi connectivity index (χ0v) is 15.1. The van der Waals surface area contributed by atoms with E-state index in [1.54, 1.807) is 12.1 Å². The largest absolute Gasteiger partial charge is 1.00 e. The Morgan fingerprint density at radius 3 is 2.46 bits per heavy atom. The van der Waals surface area contributed by atoms with Gasteiger partial charge < -0.3 is 32.6 Å². The highest BCUT2D eigenvalue weighted by Crippen LogP contribution is 2.31. The van der Waals surface area contributed by atoms with Gasteiger partial charge in [0, 0.05) is 20.0 Å². The highest BCUT2D eigenvalue weighted by Gasteiger charge is 2.30. The second-order valence-electron chi connectivity index (χ2n) is 6.46. The van der Waals surface area contributed by atoms with Crippen LogP contribution in [0, 0.1) is 0 Å². The smallest absolute Gasteiger partial charge is 0.279 e. The van der Waals surface area contributed by atoms with Crippen LogP contribution >= 0.6 is 0 Å². The number of likely N-dealkylation sites (N-methyl/N-ethyl adjacent to an activating group) is 2. The predicted octanol–water partition coefficient (Wildman–Crippen LogP) is -2.31. The van der Waals surface area contributed by atoms with E-state index >= 15 is 0 Å². The lowest BCUT2D eigenvalue weighted by Gasteiger charge is -2.40. The van der Waals surface area contributed by atoms with Crippen molar-refractivity contribution in [2.75, 3.05) is 57.5 Å². The summed E-state index contributed by atoms with van der Waals surface area (Å²) in [4.78, 5) is 25.9. The van der Waals surface area contributed by atoms with Crippen LogP contribution < -0.4 is 23.0 Å². The molecule has 0 radical (unpaired) electrons. The molecule has 24 heavy (non-hydrogen) atoms. The molecule has 1 aliphatic heterocycles. The van der Waals surface area contributed by atoms with E-state index in [1.165, 1.54) is 13.0 Å². The number of carbonyl (C=O) groups is 2. The Morgan fingerprint density at radius 2 is 1.88 bits per heavy atom. The fraction of sp³-hybridized carbons (Fsp3) is 0.500. The fourth-order valence-corrected chi connectivity index (χ4v) is 2.70. The molecule has 1 saturated heterocycles. The topological polar surface area (TPSA) is 81.7 Å². The molecule has 7 nitrogen and oxygen atoms in total. The SMILES string of the molecule is CC(=O)Nc1cccc(O)c1NC(=O)C[N+]1(C)CCN(C)CC1.[Cl-]. The van der Waals surface area contributed by atoms with E-state index in [0.29, 0.717) is 16.7 Å². The number of rotatable bonds is 4. The molecule has 0 aromatic heterocycles. The summed E-state index contributed by atoms with van der Waals surface area (Å²) in [6, 6.07) is 4.74. The Labute approximate surface area is 148 Å². The number of piperazine rings is 1. The Kier molecular flexibility index (Phi) is 7.01. The van der Waals surface area contributed by atoms with Gasteiger partial charge in [0.15, 0.2) is 6.54 Å². The molecule has 8 heteroatoms. The lowest BCUT2D eigenvalue weighted by molar-refractivity contribution is -0.905. The third-order valence-electron chi connectivity index (χ3n) is 4.19. The third kappa shape index (κ3) is 5.36. The normalized spacial score (nSPS) is 16.8. The van der Waals surface area contributed by atoms with Crippen molar-refractivity contribution in [3.63, 3.8) is 0 Å². The van der Waals surface area contributed by atoms with Gasteiger partial charge >= 0.3 is 0 Å². The number of para-hydroxylation sites is 1. The first kappa shape index (κ1) is 20.2. The number of quaternary nitrogens is 1. The molecule has 0 aliphatic carbocycles. The molecule has 2 amide bonds. The van der Waals surface area contributed by atoms with Crippen molar-refractivity contribution in [2.24, 2.45) is 0 Å². The number of aromatic hydroxyl groups is 1. The van der Waals surface area contributed by atoms with Crippen molar-refractivity contribution < 1.29 is 31.6 Å². The van der Waals surface area contributed by atoms with Crippen molar-refractivity contribution in [2.45, 2.75) is 6.92 Å². The molecule has 2 rings (SSSR count). The zero-order valence-electron chi connectivity index (χ0n) is 14.3. The maximum Gasteiger partial charge on any atom is 0.279 e. The maximum atomic E-state index is 12.4. The van der Waals surface area contributed by atoms with Gasteiger partial charge in [0.25, 0.3) is 5.91 Å². The summed E-state index contributed by atoms with van der Waals surface area (Å²) in [6.45, 7) is 5.44. The zero-order chi connectivity index (χ0) is 17.0. The minimum atomic E-state index is -0.260. The van der Waals surface area contributed by atoms with Crippen LogP contribution in [0.1, 0.15) is 6.92 Å². The van der Waals surface area contributed by atoms with Gasteiger partial charge in [-0.25, -0.2) is 0 Å². The first-order chi connectivity index (χ1) is 10.8. The maximum absolute atomic E-state index is 12.4.